The maximum atomic E-state index is 12.9. The van der Waals surface area contributed by atoms with E-state index in [9.17, 15) is 4.79 Å². The average molecular weight is 416 g/mol. The predicted molar refractivity (Wildman–Crippen MR) is 112 cm³/mol. The monoisotopic (exact) mass is 415 g/mol. The van der Waals surface area contributed by atoms with E-state index in [0.29, 0.717) is 15.7 Å². The van der Waals surface area contributed by atoms with Gasteiger partial charge in [0.25, 0.3) is 0 Å². The molecule has 2 aromatic carbocycles. The summed E-state index contributed by atoms with van der Waals surface area (Å²) in [6.45, 7) is 0. The molecular formula is C20H15Cl2N3OS. The first-order chi connectivity index (χ1) is 13.1. The molecule has 3 aromatic rings. The molecule has 1 atom stereocenters. The molecule has 0 fully saturated rings. The van der Waals surface area contributed by atoms with Gasteiger partial charge in [-0.3, -0.25) is 5.43 Å². The number of carbonyl (C=O) groups excluding carboxylic acids is 1. The zero-order chi connectivity index (χ0) is 18.8. The minimum Gasteiger partial charge on any atom is -0.306 e. The highest BCUT2D eigenvalue weighted by Crippen LogP contribution is 2.33. The van der Waals surface area contributed by atoms with Gasteiger partial charge in [0.05, 0.1) is 10.6 Å². The standard InChI is InChI=1S/C20H15Cl2N3OS/c21-14-5-3-13(4-6-14)18-12-17(19-2-1-11-27-19)24-25(18)20(26)23-16-9-7-15(22)8-10-16/h1-12,18,24H,(H,23,26). The molecule has 1 unspecified atom stereocenters. The summed E-state index contributed by atoms with van der Waals surface area (Å²) in [4.78, 5) is 14.0. The van der Waals surface area contributed by atoms with Gasteiger partial charge in [-0.2, -0.15) is 0 Å². The number of amides is 2. The van der Waals surface area contributed by atoms with Gasteiger partial charge in [0.2, 0.25) is 0 Å². The van der Waals surface area contributed by atoms with E-state index in [1.165, 1.54) is 0 Å². The Hall–Kier alpha value is -2.47. The van der Waals surface area contributed by atoms with Crippen LogP contribution in [0.4, 0.5) is 10.5 Å². The molecule has 0 bridgehead atoms. The normalized spacial score (nSPS) is 16.0. The van der Waals surface area contributed by atoms with Crippen LogP contribution in [0.25, 0.3) is 5.70 Å². The zero-order valence-corrected chi connectivity index (χ0v) is 16.4. The van der Waals surface area contributed by atoms with Crippen LogP contribution in [0.15, 0.2) is 72.1 Å². The van der Waals surface area contributed by atoms with Crippen LogP contribution in [0.5, 0.6) is 0 Å². The van der Waals surface area contributed by atoms with Crippen LogP contribution in [-0.4, -0.2) is 11.0 Å². The van der Waals surface area contributed by atoms with E-state index in [-0.39, 0.29) is 12.1 Å². The Labute approximate surface area is 171 Å². The number of anilines is 1. The summed E-state index contributed by atoms with van der Waals surface area (Å²) in [6.07, 6.45) is 2.04. The maximum absolute atomic E-state index is 12.9. The molecule has 1 aliphatic rings. The highest BCUT2D eigenvalue weighted by atomic mass is 35.5. The molecule has 2 amide bonds. The molecule has 0 aliphatic carbocycles. The van der Waals surface area contributed by atoms with Gasteiger partial charge < -0.3 is 5.32 Å². The Morgan fingerprint density at radius 3 is 2.30 bits per heavy atom. The predicted octanol–water partition coefficient (Wildman–Crippen LogP) is 6.19. The molecule has 4 rings (SSSR count). The number of nitrogens with zero attached hydrogens (tertiary/aromatic N) is 1. The van der Waals surface area contributed by atoms with Crippen LogP contribution < -0.4 is 10.7 Å². The van der Waals surface area contributed by atoms with Crippen molar-refractivity contribution in [3.8, 4) is 0 Å². The van der Waals surface area contributed by atoms with Crippen molar-refractivity contribution >= 4 is 52.0 Å². The number of nitrogens with one attached hydrogen (secondary N) is 2. The minimum atomic E-state index is -0.264. The van der Waals surface area contributed by atoms with Gasteiger partial charge in [-0.25, -0.2) is 9.80 Å². The number of rotatable bonds is 3. The van der Waals surface area contributed by atoms with Crippen LogP contribution in [0.1, 0.15) is 16.5 Å². The largest absolute Gasteiger partial charge is 0.341 e. The lowest BCUT2D eigenvalue weighted by Crippen LogP contribution is -2.42. The quantitative estimate of drug-likeness (QED) is 0.535. The summed E-state index contributed by atoms with van der Waals surface area (Å²) < 4.78 is 0. The molecular weight excluding hydrogens is 401 g/mol. The third kappa shape index (κ3) is 3.95. The Balaban J connectivity index is 1.62. The molecule has 2 N–H and O–H groups in total. The average Bonchev–Trinajstić information content (AvgIpc) is 3.33. The van der Waals surface area contributed by atoms with E-state index in [4.69, 9.17) is 23.2 Å². The third-order valence-electron chi connectivity index (χ3n) is 4.16. The lowest BCUT2D eigenvalue weighted by Gasteiger charge is -2.25. The first-order valence-corrected chi connectivity index (χ1v) is 9.87. The van der Waals surface area contributed by atoms with Crippen LogP contribution in [0.3, 0.4) is 0 Å². The fourth-order valence-corrected chi connectivity index (χ4v) is 3.79. The van der Waals surface area contributed by atoms with Crippen molar-refractivity contribution in [2.45, 2.75) is 6.04 Å². The number of urea groups is 1. The Morgan fingerprint density at radius 1 is 1.00 bits per heavy atom. The molecule has 4 nitrogen and oxygen atoms in total. The van der Waals surface area contributed by atoms with Gasteiger partial charge in [0.1, 0.15) is 6.04 Å². The molecule has 1 aromatic heterocycles. The lowest BCUT2D eigenvalue weighted by molar-refractivity contribution is 0.190. The summed E-state index contributed by atoms with van der Waals surface area (Å²) in [5.74, 6) is 0. The van der Waals surface area contributed by atoms with Crippen LogP contribution in [0.2, 0.25) is 10.0 Å². The van der Waals surface area contributed by atoms with Gasteiger partial charge >= 0.3 is 6.03 Å². The number of halogens is 2. The molecule has 7 heteroatoms. The van der Waals surface area contributed by atoms with Gasteiger partial charge in [0.15, 0.2) is 0 Å². The van der Waals surface area contributed by atoms with Crippen molar-refractivity contribution in [3.05, 3.63) is 92.6 Å². The molecule has 136 valence electrons. The summed E-state index contributed by atoms with van der Waals surface area (Å²) in [5, 5.41) is 7.76. The van der Waals surface area contributed by atoms with E-state index in [1.54, 1.807) is 40.6 Å². The van der Waals surface area contributed by atoms with Crippen molar-refractivity contribution in [2.24, 2.45) is 0 Å². The second kappa shape index (κ2) is 7.64. The van der Waals surface area contributed by atoms with Crippen molar-refractivity contribution in [1.29, 1.82) is 0 Å². The van der Waals surface area contributed by atoms with Gasteiger partial charge in [-0.1, -0.05) is 41.4 Å². The minimum absolute atomic E-state index is 0.258. The van der Waals surface area contributed by atoms with Gasteiger partial charge in [0, 0.05) is 15.7 Å². The third-order valence-corrected chi connectivity index (χ3v) is 5.56. The van der Waals surface area contributed by atoms with E-state index >= 15 is 0 Å². The van der Waals surface area contributed by atoms with Crippen LogP contribution >= 0.6 is 34.5 Å². The Morgan fingerprint density at radius 2 is 1.67 bits per heavy atom. The van der Waals surface area contributed by atoms with Crippen LogP contribution in [0, 0.1) is 0 Å². The summed E-state index contributed by atoms with van der Waals surface area (Å²) in [5.41, 5.74) is 5.76. The van der Waals surface area contributed by atoms with Gasteiger partial charge in [-0.15, -0.1) is 11.3 Å². The summed E-state index contributed by atoms with van der Waals surface area (Å²) in [6, 6.07) is 18.0. The smallest absolute Gasteiger partial charge is 0.306 e. The van der Waals surface area contributed by atoms with Crippen LogP contribution in [-0.2, 0) is 0 Å². The highest BCUT2D eigenvalue weighted by Gasteiger charge is 2.31. The van der Waals surface area contributed by atoms with E-state index < -0.39 is 0 Å². The second-order valence-corrected chi connectivity index (χ2v) is 7.79. The van der Waals surface area contributed by atoms with Gasteiger partial charge in [-0.05, 0) is 59.5 Å². The number of hydrogen-bond acceptors (Lipinski definition) is 3. The fourth-order valence-electron chi connectivity index (χ4n) is 2.84. The highest BCUT2D eigenvalue weighted by molar-refractivity contribution is 7.11. The first-order valence-electron chi connectivity index (χ1n) is 8.24. The number of hydrogen-bond donors (Lipinski definition) is 2. The maximum Gasteiger partial charge on any atom is 0.341 e. The van der Waals surface area contributed by atoms with Crippen molar-refractivity contribution < 1.29 is 4.79 Å². The van der Waals surface area contributed by atoms with Crippen molar-refractivity contribution in [2.75, 3.05) is 5.32 Å². The molecule has 0 saturated heterocycles. The molecule has 0 saturated carbocycles. The molecule has 27 heavy (non-hydrogen) atoms. The second-order valence-electron chi connectivity index (χ2n) is 5.97. The van der Waals surface area contributed by atoms with E-state index in [2.05, 4.69) is 10.7 Å². The topological polar surface area (TPSA) is 44.4 Å². The van der Waals surface area contributed by atoms with E-state index in [0.717, 1.165) is 16.1 Å². The van der Waals surface area contributed by atoms with Crippen molar-refractivity contribution in [1.82, 2.24) is 10.4 Å². The molecule has 1 aliphatic heterocycles. The molecule has 0 radical (unpaired) electrons. The molecule has 2 heterocycles. The Bertz CT molecular complexity index is 969. The zero-order valence-electron chi connectivity index (χ0n) is 14.0. The molecule has 0 spiro atoms. The summed E-state index contributed by atoms with van der Waals surface area (Å²) >= 11 is 13.5. The number of carbonyl (C=O) groups is 1. The first kappa shape index (κ1) is 17.9. The van der Waals surface area contributed by atoms with E-state index in [1.807, 2.05) is 47.9 Å². The summed E-state index contributed by atoms with van der Waals surface area (Å²) in [7, 11) is 0. The number of benzene rings is 2. The number of hydrazine groups is 1. The Kier molecular flexibility index (Phi) is 5.07. The number of thiophene rings is 1. The van der Waals surface area contributed by atoms with Crippen molar-refractivity contribution in [3.63, 3.8) is 0 Å². The fraction of sp³-hybridized carbons (Fsp3) is 0.0500. The lowest BCUT2D eigenvalue weighted by atomic mass is 10.1. The SMILES string of the molecule is O=C(Nc1ccc(Cl)cc1)N1NC(c2cccs2)=CC1c1ccc(Cl)cc1.